The SMILES string of the molecule is CC(C)(CO)NC(=O)CCCc1ccc(Cl)c(Cl)c1. The van der Waals surface area contributed by atoms with Gasteiger partial charge < -0.3 is 10.4 Å². The zero-order valence-electron chi connectivity index (χ0n) is 11.2. The number of benzene rings is 1. The van der Waals surface area contributed by atoms with Gasteiger partial charge in [-0.1, -0.05) is 29.3 Å². The minimum absolute atomic E-state index is 0.0564. The number of hydrogen-bond acceptors (Lipinski definition) is 2. The predicted molar refractivity (Wildman–Crippen MR) is 78.7 cm³/mol. The van der Waals surface area contributed by atoms with E-state index in [1.54, 1.807) is 19.9 Å². The van der Waals surface area contributed by atoms with E-state index in [0.717, 1.165) is 18.4 Å². The van der Waals surface area contributed by atoms with Crippen LogP contribution in [0, 0.1) is 0 Å². The summed E-state index contributed by atoms with van der Waals surface area (Å²) in [5.74, 6) is -0.0564. The highest BCUT2D eigenvalue weighted by Crippen LogP contribution is 2.23. The van der Waals surface area contributed by atoms with Gasteiger partial charge in [-0.2, -0.15) is 0 Å². The summed E-state index contributed by atoms with van der Waals surface area (Å²) in [6.07, 6.45) is 1.92. The Morgan fingerprint density at radius 1 is 1.32 bits per heavy atom. The third kappa shape index (κ3) is 5.81. The van der Waals surface area contributed by atoms with E-state index in [4.69, 9.17) is 28.3 Å². The van der Waals surface area contributed by atoms with E-state index >= 15 is 0 Å². The highest BCUT2D eigenvalue weighted by atomic mass is 35.5. The predicted octanol–water partition coefficient (Wildman–Crippen LogP) is 3.20. The lowest BCUT2D eigenvalue weighted by Gasteiger charge is -2.23. The molecular weight excluding hydrogens is 285 g/mol. The average Bonchev–Trinajstić information content (AvgIpc) is 2.33. The zero-order chi connectivity index (χ0) is 14.5. The van der Waals surface area contributed by atoms with E-state index in [1.165, 1.54) is 0 Å². The van der Waals surface area contributed by atoms with Gasteiger partial charge in [0.05, 0.1) is 22.2 Å². The Morgan fingerprint density at radius 3 is 2.58 bits per heavy atom. The fraction of sp³-hybridized carbons (Fsp3) is 0.500. The molecule has 1 rings (SSSR count). The van der Waals surface area contributed by atoms with Gasteiger partial charge in [0, 0.05) is 6.42 Å². The molecule has 2 N–H and O–H groups in total. The maximum atomic E-state index is 11.7. The average molecular weight is 304 g/mol. The number of carbonyl (C=O) groups excluding carboxylic acids is 1. The molecule has 0 aliphatic carbocycles. The van der Waals surface area contributed by atoms with Crippen LogP contribution in [0.3, 0.4) is 0 Å². The van der Waals surface area contributed by atoms with Crippen molar-refractivity contribution in [3.05, 3.63) is 33.8 Å². The van der Waals surface area contributed by atoms with Crippen molar-refractivity contribution in [2.45, 2.75) is 38.6 Å². The molecule has 3 nitrogen and oxygen atoms in total. The molecular formula is C14H19Cl2NO2. The number of hydrogen-bond donors (Lipinski definition) is 2. The molecule has 0 aliphatic rings. The fourth-order valence-electron chi connectivity index (χ4n) is 1.63. The van der Waals surface area contributed by atoms with Gasteiger partial charge in [-0.05, 0) is 44.4 Å². The number of aliphatic hydroxyl groups excluding tert-OH is 1. The van der Waals surface area contributed by atoms with Gasteiger partial charge in [-0.15, -0.1) is 0 Å². The Hall–Kier alpha value is -0.770. The maximum Gasteiger partial charge on any atom is 0.220 e. The Labute approximate surface area is 123 Å². The molecule has 1 aromatic carbocycles. The van der Waals surface area contributed by atoms with Crippen molar-refractivity contribution in [1.29, 1.82) is 0 Å². The Bertz CT molecular complexity index is 447. The molecule has 1 aromatic rings. The van der Waals surface area contributed by atoms with Crippen LogP contribution in [0.25, 0.3) is 0 Å². The third-order valence-electron chi connectivity index (χ3n) is 2.73. The Kier molecular flexibility index (Phi) is 6.11. The second-order valence-corrected chi connectivity index (χ2v) is 6.01. The number of aliphatic hydroxyl groups is 1. The monoisotopic (exact) mass is 303 g/mol. The minimum Gasteiger partial charge on any atom is -0.394 e. The molecule has 0 saturated heterocycles. The smallest absolute Gasteiger partial charge is 0.220 e. The van der Waals surface area contributed by atoms with E-state index in [-0.39, 0.29) is 12.5 Å². The quantitative estimate of drug-likeness (QED) is 0.848. The first kappa shape index (κ1) is 16.3. The molecule has 5 heteroatoms. The van der Waals surface area contributed by atoms with Gasteiger partial charge in [0.25, 0.3) is 0 Å². The van der Waals surface area contributed by atoms with Gasteiger partial charge in [0.1, 0.15) is 0 Å². The van der Waals surface area contributed by atoms with E-state index < -0.39 is 5.54 Å². The standard InChI is InChI=1S/C14H19Cl2NO2/c1-14(2,9-18)17-13(19)5-3-4-10-6-7-11(15)12(16)8-10/h6-8,18H,3-5,9H2,1-2H3,(H,17,19). The highest BCUT2D eigenvalue weighted by molar-refractivity contribution is 6.42. The summed E-state index contributed by atoms with van der Waals surface area (Å²) in [6, 6.07) is 5.48. The Morgan fingerprint density at radius 2 is 2.00 bits per heavy atom. The first-order valence-electron chi connectivity index (χ1n) is 6.20. The van der Waals surface area contributed by atoms with Crippen molar-refractivity contribution < 1.29 is 9.90 Å². The summed E-state index contributed by atoms with van der Waals surface area (Å²) in [5.41, 5.74) is 0.490. The van der Waals surface area contributed by atoms with E-state index in [0.29, 0.717) is 16.5 Å². The van der Waals surface area contributed by atoms with E-state index in [2.05, 4.69) is 5.32 Å². The lowest BCUT2D eigenvalue weighted by Crippen LogP contribution is -2.46. The van der Waals surface area contributed by atoms with Crippen LogP contribution in [0.2, 0.25) is 10.0 Å². The minimum atomic E-state index is -0.569. The molecule has 0 atom stereocenters. The Balaban J connectivity index is 2.38. The number of amides is 1. The molecule has 0 spiro atoms. The molecule has 0 bridgehead atoms. The summed E-state index contributed by atoms with van der Waals surface area (Å²) in [4.78, 5) is 11.7. The molecule has 0 heterocycles. The number of halogens is 2. The topological polar surface area (TPSA) is 49.3 Å². The normalized spacial score (nSPS) is 11.4. The van der Waals surface area contributed by atoms with Crippen LogP contribution in [0.5, 0.6) is 0 Å². The number of aryl methyl sites for hydroxylation is 1. The van der Waals surface area contributed by atoms with Crippen LogP contribution in [0.1, 0.15) is 32.3 Å². The number of rotatable bonds is 6. The fourth-order valence-corrected chi connectivity index (χ4v) is 1.95. The van der Waals surface area contributed by atoms with Crippen molar-refractivity contribution in [3.63, 3.8) is 0 Å². The van der Waals surface area contributed by atoms with Crippen LogP contribution in [0.4, 0.5) is 0 Å². The van der Waals surface area contributed by atoms with Crippen LogP contribution >= 0.6 is 23.2 Å². The van der Waals surface area contributed by atoms with Gasteiger partial charge in [0.2, 0.25) is 5.91 Å². The van der Waals surface area contributed by atoms with Crippen molar-refractivity contribution in [1.82, 2.24) is 5.32 Å². The summed E-state index contributed by atoms with van der Waals surface area (Å²) >= 11 is 11.8. The maximum absolute atomic E-state index is 11.7. The van der Waals surface area contributed by atoms with Crippen LogP contribution in [-0.4, -0.2) is 23.2 Å². The lowest BCUT2D eigenvalue weighted by molar-refractivity contribution is -0.123. The van der Waals surface area contributed by atoms with Crippen molar-refractivity contribution >= 4 is 29.1 Å². The van der Waals surface area contributed by atoms with E-state index in [9.17, 15) is 4.79 Å². The molecule has 0 radical (unpaired) electrons. The van der Waals surface area contributed by atoms with Gasteiger partial charge in [-0.3, -0.25) is 4.79 Å². The van der Waals surface area contributed by atoms with Gasteiger partial charge in [0.15, 0.2) is 0 Å². The first-order chi connectivity index (χ1) is 8.84. The van der Waals surface area contributed by atoms with Gasteiger partial charge >= 0.3 is 0 Å². The number of nitrogens with one attached hydrogen (secondary N) is 1. The van der Waals surface area contributed by atoms with Crippen LogP contribution in [0.15, 0.2) is 18.2 Å². The zero-order valence-corrected chi connectivity index (χ0v) is 12.7. The van der Waals surface area contributed by atoms with Crippen molar-refractivity contribution in [3.8, 4) is 0 Å². The molecule has 0 saturated carbocycles. The number of carbonyl (C=O) groups is 1. The molecule has 0 aromatic heterocycles. The van der Waals surface area contributed by atoms with Gasteiger partial charge in [-0.25, -0.2) is 0 Å². The van der Waals surface area contributed by atoms with Crippen molar-refractivity contribution in [2.24, 2.45) is 0 Å². The summed E-state index contributed by atoms with van der Waals surface area (Å²) < 4.78 is 0. The molecule has 0 unspecified atom stereocenters. The van der Waals surface area contributed by atoms with Crippen LogP contribution < -0.4 is 5.32 Å². The molecule has 19 heavy (non-hydrogen) atoms. The summed E-state index contributed by atoms with van der Waals surface area (Å²) in [5, 5.41) is 12.9. The molecule has 106 valence electrons. The largest absolute Gasteiger partial charge is 0.394 e. The van der Waals surface area contributed by atoms with Crippen LogP contribution in [-0.2, 0) is 11.2 Å². The van der Waals surface area contributed by atoms with E-state index in [1.807, 2.05) is 12.1 Å². The highest BCUT2D eigenvalue weighted by Gasteiger charge is 2.18. The molecule has 0 aliphatic heterocycles. The summed E-state index contributed by atoms with van der Waals surface area (Å²) in [6.45, 7) is 3.49. The lowest BCUT2D eigenvalue weighted by atomic mass is 10.1. The first-order valence-corrected chi connectivity index (χ1v) is 6.95. The van der Waals surface area contributed by atoms with Crippen molar-refractivity contribution in [2.75, 3.05) is 6.61 Å². The summed E-state index contributed by atoms with van der Waals surface area (Å²) in [7, 11) is 0. The second-order valence-electron chi connectivity index (χ2n) is 5.19. The molecule has 0 fully saturated rings. The third-order valence-corrected chi connectivity index (χ3v) is 3.47. The molecule has 1 amide bonds. The second kappa shape index (κ2) is 7.13.